The Kier molecular flexibility index (Phi) is 8.27. The van der Waals surface area contributed by atoms with E-state index >= 15 is 0 Å². The number of fused-ring (bicyclic) bond motifs is 1. The molecule has 0 saturated heterocycles. The van der Waals surface area contributed by atoms with Crippen LogP contribution in [-0.2, 0) is 14.3 Å². The second-order valence-electron chi connectivity index (χ2n) is 8.85. The van der Waals surface area contributed by atoms with Gasteiger partial charge in [0, 0.05) is 32.8 Å². The van der Waals surface area contributed by atoms with Gasteiger partial charge in [0.25, 0.3) is 11.2 Å². The van der Waals surface area contributed by atoms with Gasteiger partial charge in [-0.3, -0.25) is 19.5 Å². The highest BCUT2D eigenvalue weighted by atomic mass is 32.1. The molecule has 1 unspecified atom stereocenters. The van der Waals surface area contributed by atoms with E-state index in [4.69, 9.17) is 14.2 Å². The fraction of sp³-hybridized carbons (Fsp3) is 0.296. The van der Waals surface area contributed by atoms with Crippen molar-refractivity contribution in [2.24, 2.45) is 4.99 Å². The molecule has 0 bridgehead atoms. The molecule has 2 heterocycles. The second-order valence-corrected chi connectivity index (χ2v) is 9.86. The molecule has 1 aliphatic heterocycles. The fourth-order valence-corrected chi connectivity index (χ4v) is 5.42. The van der Waals surface area contributed by atoms with Crippen molar-refractivity contribution in [1.29, 1.82) is 0 Å². The van der Waals surface area contributed by atoms with E-state index in [1.807, 2.05) is 0 Å². The molecular formula is C27H28N4O7S. The average molecular weight is 553 g/mol. The molecule has 2 aromatic carbocycles. The van der Waals surface area contributed by atoms with Gasteiger partial charge in [-0.15, -0.1) is 0 Å². The molecule has 0 amide bonds. The van der Waals surface area contributed by atoms with Crippen LogP contribution < -0.4 is 24.5 Å². The van der Waals surface area contributed by atoms with Crippen molar-refractivity contribution in [1.82, 2.24) is 4.57 Å². The lowest BCUT2D eigenvalue weighted by Crippen LogP contribution is -2.40. The zero-order valence-corrected chi connectivity index (χ0v) is 23.0. The molecule has 0 aliphatic carbocycles. The summed E-state index contributed by atoms with van der Waals surface area (Å²) in [6, 6.07) is 11.0. The van der Waals surface area contributed by atoms with E-state index < -0.39 is 22.5 Å². The normalized spacial score (nSPS) is 15.0. The number of thiazole rings is 1. The molecular weight excluding hydrogens is 524 g/mol. The molecule has 1 aliphatic rings. The highest BCUT2D eigenvalue weighted by molar-refractivity contribution is 7.07. The number of aromatic nitrogens is 1. The molecule has 0 saturated carbocycles. The molecule has 39 heavy (non-hydrogen) atoms. The first-order valence-corrected chi connectivity index (χ1v) is 12.8. The third kappa shape index (κ3) is 5.47. The number of nitrogens with zero attached hydrogens (tertiary/aromatic N) is 4. The molecule has 4 rings (SSSR count). The van der Waals surface area contributed by atoms with E-state index in [1.54, 1.807) is 68.4 Å². The van der Waals surface area contributed by atoms with E-state index in [1.165, 1.54) is 24.9 Å². The maximum Gasteiger partial charge on any atom is 0.338 e. The summed E-state index contributed by atoms with van der Waals surface area (Å²) in [5.74, 6) is -0.128. The topological polar surface area (TPSA) is 126 Å². The molecule has 0 fully saturated rings. The van der Waals surface area contributed by atoms with Crippen LogP contribution in [0.3, 0.4) is 0 Å². The fourth-order valence-electron chi connectivity index (χ4n) is 4.37. The Bertz CT molecular complexity index is 1640. The minimum absolute atomic E-state index is 0.0386. The van der Waals surface area contributed by atoms with Crippen molar-refractivity contribution in [2.75, 3.05) is 46.4 Å². The Balaban J connectivity index is 1.92. The maximum atomic E-state index is 13.8. The predicted octanol–water partition coefficient (Wildman–Crippen LogP) is 2.41. The number of carbonyl (C=O) groups excluding carboxylic acids is 1. The van der Waals surface area contributed by atoms with Crippen LogP contribution in [0.5, 0.6) is 5.75 Å². The molecule has 11 nitrogen and oxygen atoms in total. The SMILES string of the molecule is COCCOC(=O)C1=C(C)N=c2sc(=Cc3ccc(N(C)C)c([N+](=O)[O-])c3)c(=O)n2C1c1ccccc1OC. The largest absolute Gasteiger partial charge is 0.496 e. The summed E-state index contributed by atoms with van der Waals surface area (Å²) in [5.41, 5.74) is 1.66. The Morgan fingerprint density at radius 2 is 1.95 bits per heavy atom. The predicted molar refractivity (Wildman–Crippen MR) is 147 cm³/mol. The Labute approximate surface area is 228 Å². The van der Waals surface area contributed by atoms with Gasteiger partial charge < -0.3 is 19.1 Å². The number of carbonyl (C=O) groups is 1. The molecule has 1 atom stereocenters. The molecule has 3 aromatic rings. The number of rotatable bonds is 9. The smallest absolute Gasteiger partial charge is 0.338 e. The van der Waals surface area contributed by atoms with Crippen LogP contribution in [0.1, 0.15) is 24.1 Å². The van der Waals surface area contributed by atoms with Gasteiger partial charge in [0.05, 0.1) is 34.4 Å². The highest BCUT2D eigenvalue weighted by Crippen LogP contribution is 2.35. The van der Waals surface area contributed by atoms with Crippen LogP contribution in [0.2, 0.25) is 0 Å². The average Bonchev–Trinajstić information content (AvgIpc) is 3.21. The lowest BCUT2D eigenvalue weighted by molar-refractivity contribution is -0.384. The van der Waals surface area contributed by atoms with E-state index in [0.717, 1.165) is 11.3 Å². The summed E-state index contributed by atoms with van der Waals surface area (Å²) >= 11 is 1.13. The lowest BCUT2D eigenvalue weighted by atomic mass is 9.95. The number of esters is 1. The summed E-state index contributed by atoms with van der Waals surface area (Å²) in [6.07, 6.45) is 1.59. The van der Waals surface area contributed by atoms with Crippen LogP contribution in [0.25, 0.3) is 6.08 Å². The van der Waals surface area contributed by atoms with Crippen LogP contribution in [0.4, 0.5) is 11.4 Å². The molecule has 0 N–H and O–H groups in total. The second kappa shape index (κ2) is 11.6. The van der Waals surface area contributed by atoms with Gasteiger partial charge >= 0.3 is 5.97 Å². The Hall–Kier alpha value is -4.29. The molecule has 1 aromatic heterocycles. The van der Waals surface area contributed by atoms with Gasteiger partial charge in [-0.1, -0.05) is 35.6 Å². The van der Waals surface area contributed by atoms with E-state index in [0.29, 0.717) is 37.6 Å². The number of anilines is 1. The minimum atomic E-state index is -0.861. The lowest BCUT2D eigenvalue weighted by Gasteiger charge is -2.26. The number of methoxy groups -OCH3 is 2. The van der Waals surface area contributed by atoms with E-state index in [-0.39, 0.29) is 24.5 Å². The molecule has 0 spiro atoms. The van der Waals surface area contributed by atoms with Gasteiger partial charge in [0.15, 0.2) is 4.80 Å². The van der Waals surface area contributed by atoms with Crippen LogP contribution in [-0.4, -0.2) is 57.0 Å². The summed E-state index contributed by atoms with van der Waals surface area (Å²) in [7, 11) is 6.46. The zero-order valence-electron chi connectivity index (χ0n) is 22.2. The highest BCUT2D eigenvalue weighted by Gasteiger charge is 2.35. The van der Waals surface area contributed by atoms with E-state index in [2.05, 4.69) is 4.99 Å². The van der Waals surface area contributed by atoms with Crippen molar-refractivity contribution in [3.63, 3.8) is 0 Å². The summed E-state index contributed by atoms with van der Waals surface area (Å²) in [4.78, 5) is 44.9. The van der Waals surface area contributed by atoms with Crippen LogP contribution >= 0.6 is 11.3 Å². The van der Waals surface area contributed by atoms with Crippen molar-refractivity contribution < 1.29 is 23.9 Å². The van der Waals surface area contributed by atoms with Crippen LogP contribution in [0.15, 0.2) is 63.5 Å². The number of hydrogen-bond acceptors (Lipinski definition) is 10. The maximum absolute atomic E-state index is 13.8. The quantitative estimate of drug-likeness (QED) is 0.172. The summed E-state index contributed by atoms with van der Waals surface area (Å²) in [5, 5.41) is 11.7. The minimum Gasteiger partial charge on any atom is -0.496 e. The van der Waals surface area contributed by atoms with Gasteiger partial charge in [-0.25, -0.2) is 9.79 Å². The van der Waals surface area contributed by atoms with Crippen LogP contribution in [0, 0.1) is 10.1 Å². The molecule has 12 heteroatoms. The first-order valence-electron chi connectivity index (χ1n) is 11.9. The van der Waals surface area contributed by atoms with Crippen molar-refractivity contribution in [2.45, 2.75) is 13.0 Å². The third-order valence-corrected chi connectivity index (χ3v) is 7.15. The van der Waals surface area contributed by atoms with Gasteiger partial charge in [0.2, 0.25) is 0 Å². The molecule has 0 radical (unpaired) electrons. The number of para-hydroxylation sites is 1. The Morgan fingerprint density at radius 3 is 2.62 bits per heavy atom. The first-order chi connectivity index (χ1) is 18.7. The monoisotopic (exact) mass is 552 g/mol. The van der Waals surface area contributed by atoms with Crippen molar-refractivity contribution >= 4 is 34.8 Å². The summed E-state index contributed by atoms with van der Waals surface area (Å²) in [6.45, 7) is 1.95. The molecule has 204 valence electrons. The number of benzene rings is 2. The first kappa shape index (κ1) is 27.7. The zero-order chi connectivity index (χ0) is 28.3. The Morgan fingerprint density at radius 1 is 1.21 bits per heavy atom. The standard InChI is InChI=1S/C27H28N4O7S/c1-16-23(26(33)38-13-12-36-4)24(18-8-6-7-9-21(18)37-5)30-25(32)22(39-27(30)28-16)15-17-10-11-19(29(2)3)20(14-17)31(34)35/h6-11,14-15,24H,12-13H2,1-5H3. The summed E-state index contributed by atoms with van der Waals surface area (Å²) < 4.78 is 17.7. The van der Waals surface area contributed by atoms with E-state index in [9.17, 15) is 19.7 Å². The van der Waals surface area contributed by atoms with Crippen molar-refractivity contribution in [3.05, 3.63) is 94.7 Å². The van der Waals surface area contributed by atoms with Gasteiger partial charge in [-0.05, 0) is 30.7 Å². The number of hydrogen-bond donors (Lipinski definition) is 0. The van der Waals surface area contributed by atoms with Gasteiger partial charge in [-0.2, -0.15) is 0 Å². The van der Waals surface area contributed by atoms with Crippen molar-refractivity contribution in [3.8, 4) is 5.75 Å². The van der Waals surface area contributed by atoms with Gasteiger partial charge in [0.1, 0.15) is 24.1 Å². The number of ether oxygens (including phenoxy) is 3. The number of nitro benzene ring substituents is 1. The number of allylic oxidation sites excluding steroid dienone is 1. The third-order valence-electron chi connectivity index (χ3n) is 6.17. The number of nitro groups is 1.